The Morgan fingerprint density at radius 2 is 2.19 bits per heavy atom. The molecule has 21 heavy (non-hydrogen) atoms. The van der Waals surface area contributed by atoms with Crippen LogP contribution in [0.2, 0.25) is 0 Å². The summed E-state index contributed by atoms with van der Waals surface area (Å²) in [6.07, 6.45) is -0.808. The summed E-state index contributed by atoms with van der Waals surface area (Å²) >= 11 is 1.02. The summed E-state index contributed by atoms with van der Waals surface area (Å²) in [6, 6.07) is 8.18. The Labute approximate surface area is 125 Å². The summed E-state index contributed by atoms with van der Waals surface area (Å²) in [7, 11) is 0. The molecular formula is C14H12N2O4S. The lowest BCUT2D eigenvalue weighted by Crippen LogP contribution is -1.91. The van der Waals surface area contributed by atoms with Gasteiger partial charge in [-0.3, -0.25) is 10.1 Å². The van der Waals surface area contributed by atoms with Crippen LogP contribution in [-0.4, -0.2) is 10.0 Å². The molecule has 0 aliphatic heterocycles. The van der Waals surface area contributed by atoms with Crippen molar-refractivity contribution in [2.75, 3.05) is 0 Å². The summed E-state index contributed by atoms with van der Waals surface area (Å²) in [5.41, 5.74) is 0.971. The number of nitrogens with zero attached hydrogens (tertiary/aromatic N) is 2. The molecule has 0 bridgehead atoms. The minimum atomic E-state index is -0.808. The largest absolute Gasteiger partial charge is 0.440 e. The molecule has 108 valence electrons. The van der Waals surface area contributed by atoms with Crippen LogP contribution in [0.3, 0.4) is 0 Å². The van der Waals surface area contributed by atoms with E-state index in [1.54, 1.807) is 19.1 Å². The lowest BCUT2D eigenvalue weighted by molar-refractivity contribution is -0.385. The van der Waals surface area contributed by atoms with Crippen LogP contribution >= 0.6 is 11.3 Å². The monoisotopic (exact) mass is 304 g/mol. The maximum atomic E-state index is 11.1. The number of nitriles is 1. The predicted octanol–water partition coefficient (Wildman–Crippen LogP) is 3.68. The molecule has 1 N–H and O–H groups in total. The summed E-state index contributed by atoms with van der Waals surface area (Å²) in [5.74, 6) is 0.385. The van der Waals surface area contributed by atoms with Crippen molar-refractivity contribution >= 4 is 17.0 Å². The highest BCUT2D eigenvalue weighted by Crippen LogP contribution is 2.42. The fraction of sp³-hybridized carbons (Fsp3) is 0.214. The highest BCUT2D eigenvalue weighted by Gasteiger charge is 2.23. The molecule has 0 saturated heterocycles. The second kappa shape index (κ2) is 5.91. The fourth-order valence-electron chi connectivity index (χ4n) is 1.67. The molecular weight excluding hydrogens is 292 g/mol. The van der Waals surface area contributed by atoms with E-state index in [4.69, 9.17) is 10.00 Å². The first-order valence-electron chi connectivity index (χ1n) is 6.07. The lowest BCUT2D eigenvalue weighted by Gasteiger charge is -2.06. The molecule has 0 spiro atoms. The van der Waals surface area contributed by atoms with E-state index >= 15 is 0 Å². The Balaban J connectivity index is 2.44. The van der Waals surface area contributed by atoms with E-state index in [0.29, 0.717) is 16.2 Å². The van der Waals surface area contributed by atoms with Crippen molar-refractivity contribution in [3.05, 3.63) is 50.4 Å². The molecule has 0 saturated carbocycles. The summed E-state index contributed by atoms with van der Waals surface area (Å²) < 4.78 is 5.59. The van der Waals surface area contributed by atoms with Crippen molar-refractivity contribution in [3.63, 3.8) is 0 Å². The van der Waals surface area contributed by atoms with Gasteiger partial charge in [0.1, 0.15) is 5.75 Å². The molecule has 1 aromatic carbocycles. The molecule has 0 radical (unpaired) electrons. The Morgan fingerprint density at radius 1 is 1.48 bits per heavy atom. The lowest BCUT2D eigenvalue weighted by atomic mass is 10.1. The molecule has 0 fully saturated rings. The van der Waals surface area contributed by atoms with Crippen molar-refractivity contribution in [1.82, 2.24) is 0 Å². The van der Waals surface area contributed by atoms with Gasteiger partial charge >= 0.3 is 5.69 Å². The number of benzene rings is 1. The minimum absolute atomic E-state index is 0.0917. The molecule has 1 atom stereocenters. The first-order valence-corrected chi connectivity index (χ1v) is 6.88. The van der Waals surface area contributed by atoms with Crippen molar-refractivity contribution < 1.29 is 14.8 Å². The van der Waals surface area contributed by atoms with Gasteiger partial charge < -0.3 is 9.84 Å². The quantitative estimate of drug-likeness (QED) is 0.686. The molecule has 6 nitrogen and oxygen atoms in total. The van der Waals surface area contributed by atoms with Gasteiger partial charge in [0.05, 0.1) is 22.7 Å². The zero-order chi connectivity index (χ0) is 15.6. The second-order valence-corrected chi connectivity index (χ2v) is 5.50. The third-order valence-corrected chi connectivity index (χ3v) is 4.00. The van der Waals surface area contributed by atoms with Crippen LogP contribution in [0, 0.1) is 28.4 Å². The molecule has 0 aliphatic carbocycles. The van der Waals surface area contributed by atoms with Gasteiger partial charge in [-0.15, -0.1) is 0 Å². The van der Waals surface area contributed by atoms with Crippen LogP contribution in [0.4, 0.5) is 5.69 Å². The number of aliphatic hydroxyl groups excluding tert-OH is 1. The van der Waals surface area contributed by atoms with Gasteiger partial charge in [0.15, 0.2) is 0 Å². The van der Waals surface area contributed by atoms with Gasteiger partial charge in [0.25, 0.3) is 5.06 Å². The zero-order valence-electron chi connectivity index (χ0n) is 11.4. The molecule has 0 amide bonds. The number of thiophene rings is 1. The number of hydrogen-bond acceptors (Lipinski definition) is 6. The highest BCUT2D eigenvalue weighted by molar-refractivity contribution is 7.14. The standard InChI is InChI=1S/C14H12N2O4S/c1-8-3-4-10(7-15)5-12(8)20-14-11(16(18)19)6-13(21-14)9(2)17/h3-6,9,17H,1-2H3/t9-/m0/s1. The molecule has 7 heteroatoms. The maximum Gasteiger partial charge on any atom is 0.323 e. The zero-order valence-corrected chi connectivity index (χ0v) is 12.2. The van der Waals surface area contributed by atoms with Gasteiger partial charge in [-0.1, -0.05) is 17.4 Å². The average Bonchev–Trinajstić information content (AvgIpc) is 2.85. The third kappa shape index (κ3) is 3.18. The number of rotatable bonds is 4. The molecule has 0 aliphatic rings. The smallest absolute Gasteiger partial charge is 0.323 e. The van der Waals surface area contributed by atoms with Crippen LogP contribution in [0.5, 0.6) is 10.8 Å². The molecule has 1 heterocycles. The second-order valence-electron chi connectivity index (χ2n) is 4.45. The molecule has 2 aromatic rings. The van der Waals surface area contributed by atoms with Crippen LogP contribution in [-0.2, 0) is 0 Å². The van der Waals surface area contributed by atoms with Crippen LogP contribution in [0.1, 0.15) is 29.0 Å². The van der Waals surface area contributed by atoms with Crippen LogP contribution in [0.25, 0.3) is 0 Å². The van der Waals surface area contributed by atoms with Gasteiger partial charge in [-0.25, -0.2) is 0 Å². The third-order valence-electron chi connectivity index (χ3n) is 2.83. The van der Waals surface area contributed by atoms with Gasteiger partial charge in [0.2, 0.25) is 0 Å². The maximum absolute atomic E-state index is 11.1. The summed E-state index contributed by atoms with van der Waals surface area (Å²) in [4.78, 5) is 10.9. The normalized spacial score (nSPS) is 11.7. The van der Waals surface area contributed by atoms with E-state index in [9.17, 15) is 15.2 Å². The molecule has 1 aromatic heterocycles. The fourth-order valence-corrected chi connectivity index (χ4v) is 2.59. The topological polar surface area (TPSA) is 96.4 Å². The van der Waals surface area contributed by atoms with E-state index in [0.717, 1.165) is 16.9 Å². The molecule has 0 unspecified atom stereocenters. The van der Waals surface area contributed by atoms with Crippen molar-refractivity contribution in [2.45, 2.75) is 20.0 Å². The van der Waals surface area contributed by atoms with Crippen LogP contribution < -0.4 is 4.74 Å². The van der Waals surface area contributed by atoms with Crippen LogP contribution in [0.15, 0.2) is 24.3 Å². The first-order chi connectivity index (χ1) is 9.92. The Bertz CT molecular complexity index is 731. The van der Waals surface area contributed by atoms with E-state index < -0.39 is 11.0 Å². The number of hydrogen-bond donors (Lipinski definition) is 1. The summed E-state index contributed by atoms with van der Waals surface area (Å²) in [5, 5.41) is 29.6. The van der Waals surface area contributed by atoms with E-state index in [-0.39, 0.29) is 10.8 Å². The number of nitro groups is 1. The van der Waals surface area contributed by atoms with E-state index in [1.165, 1.54) is 19.1 Å². The molecule has 2 rings (SSSR count). The van der Waals surface area contributed by atoms with Crippen molar-refractivity contribution in [3.8, 4) is 16.9 Å². The van der Waals surface area contributed by atoms with Crippen molar-refractivity contribution in [1.29, 1.82) is 5.26 Å². The number of aliphatic hydroxyl groups is 1. The minimum Gasteiger partial charge on any atom is -0.440 e. The van der Waals surface area contributed by atoms with E-state index in [1.807, 2.05) is 6.07 Å². The SMILES string of the molecule is Cc1ccc(C#N)cc1Oc1sc([C@H](C)O)cc1[N+](=O)[O-]. The number of ether oxygens (including phenoxy) is 1. The number of aryl methyl sites for hydroxylation is 1. The van der Waals surface area contributed by atoms with Gasteiger partial charge in [-0.05, 0) is 31.5 Å². The van der Waals surface area contributed by atoms with E-state index in [2.05, 4.69) is 0 Å². The Morgan fingerprint density at radius 3 is 2.76 bits per heavy atom. The summed E-state index contributed by atoms with van der Waals surface area (Å²) in [6.45, 7) is 3.31. The van der Waals surface area contributed by atoms with Crippen molar-refractivity contribution in [2.24, 2.45) is 0 Å². The average molecular weight is 304 g/mol. The van der Waals surface area contributed by atoms with Gasteiger partial charge in [0, 0.05) is 10.9 Å². The first kappa shape index (κ1) is 15.0. The highest BCUT2D eigenvalue weighted by atomic mass is 32.1. The predicted molar refractivity (Wildman–Crippen MR) is 77.6 cm³/mol. The Kier molecular flexibility index (Phi) is 4.21. The van der Waals surface area contributed by atoms with Gasteiger partial charge in [-0.2, -0.15) is 5.26 Å². The Hall–Kier alpha value is -2.43.